The number of aryl methyl sites for hydroxylation is 2. The summed E-state index contributed by atoms with van der Waals surface area (Å²) in [7, 11) is 3.37. The van der Waals surface area contributed by atoms with E-state index in [1.807, 2.05) is 0 Å². The van der Waals surface area contributed by atoms with Gasteiger partial charge < -0.3 is 15.4 Å². The van der Waals surface area contributed by atoms with E-state index in [9.17, 15) is 14.7 Å². The van der Waals surface area contributed by atoms with Crippen molar-refractivity contribution in [3.63, 3.8) is 0 Å². The van der Waals surface area contributed by atoms with Gasteiger partial charge in [0.25, 0.3) is 5.56 Å². The SMILES string of the molecule is CCCCCCCCC(O)CCCCCCCCCC(N)c1nc2c(c(=O)[nH]c(=O)n2C)n1C. The van der Waals surface area contributed by atoms with Gasteiger partial charge in [-0.25, -0.2) is 9.78 Å². The molecule has 34 heavy (non-hydrogen) atoms. The van der Waals surface area contributed by atoms with Crippen LogP contribution in [0, 0.1) is 0 Å². The molecule has 2 aromatic heterocycles. The zero-order valence-corrected chi connectivity index (χ0v) is 21.7. The predicted octanol–water partition coefficient (Wildman–Crippen LogP) is 4.58. The van der Waals surface area contributed by atoms with Crippen LogP contribution in [0.1, 0.15) is 122 Å². The summed E-state index contributed by atoms with van der Waals surface area (Å²) in [6.07, 6.45) is 18.3. The third-order valence-corrected chi connectivity index (χ3v) is 6.94. The van der Waals surface area contributed by atoms with Gasteiger partial charge in [0.2, 0.25) is 0 Å². The van der Waals surface area contributed by atoms with Crippen molar-refractivity contribution < 1.29 is 5.11 Å². The predicted molar refractivity (Wildman–Crippen MR) is 139 cm³/mol. The van der Waals surface area contributed by atoms with Crippen LogP contribution >= 0.6 is 0 Å². The number of rotatable bonds is 18. The average Bonchev–Trinajstić information content (AvgIpc) is 3.16. The molecule has 0 saturated heterocycles. The quantitative estimate of drug-likeness (QED) is 0.271. The molecule has 4 N–H and O–H groups in total. The highest BCUT2D eigenvalue weighted by atomic mass is 16.3. The molecular weight excluding hydrogens is 430 g/mol. The first kappa shape index (κ1) is 28.3. The zero-order chi connectivity index (χ0) is 24.9. The van der Waals surface area contributed by atoms with E-state index in [1.165, 1.54) is 62.4 Å². The fourth-order valence-electron chi connectivity index (χ4n) is 4.72. The minimum absolute atomic E-state index is 0.117. The third kappa shape index (κ3) is 8.69. The number of aliphatic hydroxyl groups is 1. The van der Waals surface area contributed by atoms with Gasteiger partial charge in [0.1, 0.15) is 5.82 Å². The van der Waals surface area contributed by atoms with Gasteiger partial charge in [-0.2, -0.15) is 0 Å². The number of nitrogens with two attached hydrogens (primary N) is 1. The van der Waals surface area contributed by atoms with E-state index >= 15 is 0 Å². The Morgan fingerprint density at radius 3 is 1.88 bits per heavy atom. The largest absolute Gasteiger partial charge is 0.393 e. The maximum absolute atomic E-state index is 12.2. The fourth-order valence-corrected chi connectivity index (χ4v) is 4.72. The highest BCUT2D eigenvalue weighted by molar-refractivity contribution is 5.70. The van der Waals surface area contributed by atoms with Gasteiger partial charge in [-0.3, -0.25) is 14.3 Å². The molecule has 8 heteroatoms. The number of aromatic nitrogens is 4. The Morgan fingerprint density at radius 1 is 0.824 bits per heavy atom. The van der Waals surface area contributed by atoms with E-state index < -0.39 is 11.2 Å². The molecule has 2 aromatic rings. The van der Waals surface area contributed by atoms with E-state index in [0.29, 0.717) is 17.0 Å². The lowest BCUT2D eigenvalue weighted by Crippen LogP contribution is -2.29. The lowest BCUT2D eigenvalue weighted by atomic mass is 10.0. The number of imidazole rings is 1. The molecule has 0 fully saturated rings. The number of hydrogen-bond donors (Lipinski definition) is 3. The Bertz CT molecular complexity index is 962. The van der Waals surface area contributed by atoms with Gasteiger partial charge >= 0.3 is 5.69 Å². The number of aromatic amines is 1. The van der Waals surface area contributed by atoms with Crippen molar-refractivity contribution in [2.45, 2.75) is 122 Å². The normalized spacial score (nSPS) is 13.6. The first-order valence-corrected chi connectivity index (χ1v) is 13.5. The number of nitrogens with zero attached hydrogens (tertiary/aromatic N) is 3. The molecule has 0 aromatic carbocycles. The van der Waals surface area contributed by atoms with Crippen molar-refractivity contribution in [3.8, 4) is 0 Å². The van der Waals surface area contributed by atoms with Gasteiger partial charge in [-0.1, -0.05) is 90.4 Å². The van der Waals surface area contributed by atoms with E-state index in [2.05, 4.69) is 16.9 Å². The van der Waals surface area contributed by atoms with Gasteiger partial charge in [0, 0.05) is 14.1 Å². The van der Waals surface area contributed by atoms with Crippen LogP contribution in [0.2, 0.25) is 0 Å². The van der Waals surface area contributed by atoms with Crippen molar-refractivity contribution in [2.75, 3.05) is 0 Å². The van der Waals surface area contributed by atoms with E-state index in [-0.39, 0.29) is 12.1 Å². The summed E-state index contributed by atoms with van der Waals surface area (Å²) in [6.45, 7) is 2.24. The highest BCUT2D eigenvalue weighted by Crippen LogP contribution is 2.20. The average molecular weight is 478 g/mol. The molecule has 2 rings (SSSR count). The molecule has 2 atom stereocenters. The molecule has 194 valence electrons. The summed E-state index contributed by atoms with van der Waals surface area (Å²) in [4.78, 5) is 30.8. The van der Waals surface area contributed by atoms with Crippen molar-refractivity contribution in [1.82, 2.24) is 19.1 Å². The summed E-state index contributed by atoms with van der Waals surface area (Å²) >= 11 is 0. The Labute approximate surface area is 204 Å². The lowest BCUT2D eigenvalue weighted by Gasteiger charge is -2.11. The number of nitrogens with one attached hydrogen (secondary N) is 1. The van der Waals surface area contributed by atoms with Crippen LogP contribution < -0.4 is 17.0 Å². The first-order chi connectivity index (χ1) is 16.4. The Morgan fingerprint density at radius 2 is 1.32 bits per heavy atom. The maximum atomic E-state index is 12.2. The summed E-state index contributed by atoms with van der Waals surface area (Å²) in [6, 6.07) is -0.264. The minimum atomic E-state index is -0.469. The number of fused-ring (bicyclic) bond motifs is 1. The number of H-pyrrole nitrogens is 1. The van der Waals surface area contributed by atoms with Crippen LogP contribution in [-0.4, -0.2) is 30.3 Å². The lowest BCUT2D eigenvalue weighted by molar-refractivity contribution is 0.147. The van der Waals surface area contributed by atoms with Crippen molar-refractivity contribution in [2.24, 2.45) is 19.8 Å². The van der Waals surface area contributed by atoms with Crippen LogP contribution in [-0.2, 0) is 14.1 Å². The zero-order valence-electron chi connectivity index (χ0n) is 21.7. The minimum Gasteiger partial charge on any atom is -0.393 e. The van der Waals surface area contributed by atoms with Gasteiger partial charge in [-0.05, 0) is 19.3 Å². The Hall–Kier alpha value is -1.93. The molecule has 0 radical (unpaired) electrons. The van der Waals surface area contributed by atoms with Crippen molar-refractivity contribution in [3.05, 3.63) is 26.7 Å². The molecule has 8 nitrogen and oxygen atoms in total. The maximum Gasteiger partial charge on any atom is 0.329 e. The Kier molecular flexibility index (Phi) is 12.6. The summed E-state index contributed by atoms with van der Waals surface area (Å²) in [5.74, 6) is 0.640. The van der Waals surface area contributed by atoms with Crippen molar-refractivity contribution in [1.29, 1.82) is 0 Å². The molecule has 2 unspecified atom stereocenters. The van der Waals surface area contributed by atoms with Gasteiger partial charge in [0.05, 0.1) is 12.1 Å². The second-order valence-electron chi connectivity index (χ2n) is 9.89. The highest BCUT2D eigenvalue weighted by Gasteiger charge is 2.19. The molecule has 0 bridgehead atoms. The van der Waals surface area contributed by atoms with Crippen molar-refractivity contribution >= 4 is 11.2 Å². The second-order valence-corrected chi connectivity index (χ2v) is 9.89. The molecule has 2 heterocycles. The molecule has 0 aliphatic carbocycles. The summed E-state index contributed by atoms with van der Waals surface area (Å²) < 4.78 is 3.06. The number of hydrogen-bond acceptors (Lipinski definition) is 5. The van der Waals surface area contributed by atoms with E-state index in [4.69, 9.17) is 5.73 Å². The first-order valence-electron chi connectivity index (χ1n) is 13.5. The van der Waals surface area contributed by atoms with Crippen LogP contribution in [0.25, 0.3) is 11.2 Å². The van der Waals surface area contributed by atoms with E-state index in [0.717, 1.165) is 44.9 Å². The topological polar surface area (TPSA) is 119 Å². The fraction of sp³-hybridized carbons (Fsp3) is 0.808. The molecule has 0 aliphatic heterocycles. The molecular formula is C26H47N5O3. The summed E-state index contributed by atoms with van der Waals surface area (Å²) in [5, 5.41) is 10.1. The van der Waals surface area contributed by atoms with Gasteiger partial charge in [0.15, 0.2) is 11.2 Å². The monoisotopic (exact) mass is 477 g/mol. The summed E-state index contributed by atoms with van der Waals surface area (Å²) in [5.41, 5.74) is 6.22. The van der Waals surface area contributed by atoms with Crippen LogP contribution in [0.4, 0.5) is 0 Å². The van der Waals surface area contributed by atoms with Crippen LogP contribution in [0.15, 0.2) is 9.59 Å². The Balaban J connectivity index is 1.55. The molecule has 0 amide bonds. The number of aliphatic hydroxyl groups excluding tert-OH is 1. The second kappa shape index (κ2) is 15.1. The van der Waals surface area contributed by atoms with Crippen LogP contribution in [0.3, 0.4) is 0 Å². The third-order valence-electron chi connectivity index (χ3n) is 6.94. The van der Waals surface area contributed by atoms with Gasteiger partial charge in [-0.15, -0.1) is 0 Å². The molecule has 0 aliphatic rings. The van der Waals surface area contributed by atoms with Crippen LogP contribution in [0.5, 0.6) is 0 Å². The standard InChI is InChI=1S/C26H47N5O3/c1-4-5-6-7-11-14-17-20(32)18-15-12-9-8-10-13-16-19-21(27)23-28-24-22(30(23)2)25(33)29-26(34)31(24)3/h20-21,32H,4-19,27H2,1-3H3,(H,29,33,34). The van der Waals surface area contributed by atoms with E-state index in [1.54, 1.807) is 18.7 Å². The number of unbranched alkanes of at least 4 members (excludes halogenated alkanes) is 11. The molecule has 0 saturated carbocycles. The molecule has 0 spiro atoms. The smallest absolute Gasteiger partial charge is 0.329 e.